The highest BCUT2D eigenvalue weighted by Gasteiger charge is 2.21. The van der Waals surface area contributed by atoms with Gasteiger partial charge in [0.15, 0.2) is 23.1 Å². The smallest absolute Gasteiger partial charge is 0.240 e. The number of hydrogen-bond donors (Lipinski definition) is 2. The first-order valence-corrected chi connectivity index (χ1v) is 12.2. The summed E-state index contributed by atoms with van der Waals surface area (Å²) in [6, 6.07) is 7.35. The van der Waals surface area contributed by atoms with Gasteiger partial charge in [-0.15, -0.1) is 10.2 Å². The average molecular weight is 470 g/mol. The topological polar surface area (TPSA) is 105 Å². The number of hydrogen-bond acceptors (Lipinski definition) is 6. The van der Waals surface area contributed by atoms with Gasteiger partial charge in [0.05, 0.1) is 10.9 Å². The number of benzene rings is 1. The zero-order valence-electron chi connectivity index (χ0n) is 16.6. The van der Waals surface area contributed by atoms with Crippen LogP contribution in [0, 0.1) is 11.6 Å². The number of carbonyl (C=O) groups excluding carboxylic acids is 1. The van der Waals surface area contributed by atoms with Crippen molar-refractivity contribution in [1.82, 2.24) is 24.6 Å². The Morgan fingerprint density at radius 3 is 2.74 bits per heavy atom. The van der Waals surface area contributed by atoms with Crippen LogP contribution in [0.2, 0.25) is 0 Å². The Morgan fingerprint density at radius 1 is 1.19 bits per heavy atom. The molecule has 8 nitrogen and oxygen atoms in total. The normalized spacial score (nSPS) is 12.7. The number of fused-ring (bicyclic) bond motifs is 1. The molecule has 3 rings (SSSR count). The second-order valence-electron chi connectivity index (χ2n) is 6.61. The van der Waals surface area contributed by atoms with Crippen LogP contribution in [0.1, 0.15) is 24.7 Å². The van der Waals surface area contributed by atoms with Gasteiger partial charge in [-0.25, -0.2) is 21.9 Å². The Balaban J connectivity index is 1.62. The molecule has 31 heavy (non-hydrogen) atoms. The van der Waals surface area contributed by atoms with Crippen LogP contribution in [-0.2, 0) is 14.8 Å². The van der Waals surface area contributed by atoms with E-state index in [4.69, 9.17) is 0 Å². The monoisotopic (exact) mass is 469 g/mol. The quantitative estimate of drug-likeness (QED) is 0.472. The second kappa shape index (κ2) is 10.2. The highest BCUT2D eigenvalue weighted by Crippen LogP contribution is 2.18. The standard InChI is InChI=1S/C19H21F2N5O3S2/c1-30-11-8-16(19-25-24-17-4-2-3-10-26(17)19)23-18(27)7-9-22-31(28,29)13-5-6-14(20)15(21)12-13/h2-6,10,12,16,22H,7-9,11H2,1H3,(H,23,27). The number of nitrogens with one attached hydrogen (secondary N) is 2. The number of amides is 1. The van der Waals surface area contributed by atoms with Gasteiger partial charge in [-0.2, -0.15) is 11.8 Å². The molecular weight excluding hydrogens is 448 g/mol. The Hall–Kier alpha value is -2.57. The first-order chi connectivity index (χ1) is 14.8. The molecule has 0 saturated carbocycles. The molecule has 0 aliphatic heterocycles. The summed E-state index contributed by atoms with van der Waals surface area (Å²) >= 11 is 1.62. The molecule has 1 unspecified atom stereocenters. The number of halogens is 2. The van der Waals surface area contributed by atoms with E-state index in [1.807, 2.05) is 18.4 Å². The van der Waals surface area contributed by atoms with E-state index in [1.54, 1.807) is 28.4 Å². The Kier molecular flexibility index (Phi) is 7.57. The molecule has 0 spiro atoms. The lowest BCUT2D eigenvalue weighted by molar-refractivity contribution is -0.121. The first kappa shape index (κ1) is 23.1. The van der Waals surface area contributed by atoms with E-state index in [2.05, 4.69) is 20.2 Å². The lowest BCUT2D eigenvalue weighted by Gasteiger charge is -2.17. The third-order valence-corrected chi connectivity index (χ3v) is 6.55. The third kappa shape index (κ3) is 5.77. The molecule has 1 amide bonds. The number of nitrogens with zero attached hydrogens (tertiary/aromatic N) is 3. The third-order valence-electron chi connectivity index (χ3n) is 4.44. The minimum absolute atomic E-state index is 0.143. The van der Waals surface area contributed by atoms with E-state index < -0.39 is 32.6 Å². The maximum atomic E-state index is 13.3. The van der Waals surface area contributed by atoms with Gasteiger partial charge in [-0.3, -0.25) is 9.20 Å². The van der Waals surface area contributed by atoms with Gasteiger partial charge in [0.2, 0.25) is 15.9 Å². The molecule has 1 aromatic carbocycles. The molecule has 1 atom stereocenters. The van der Waals surface area contributed by atoms with Crippen molar-refractivity contribution in [3.8, 4) is 0 Å². The molecule has 2 heterocycles. The SMILES string of the molecule is CSCCC(NC(=O)CCNS(=O)(=O)c1ccc(F)c(F)c1)c1nnc2ccccn12. The maximum Gasteiger partial charge on any atom is 0.240 e. The molecule has 3 aromatic rings. The van der Waals surface area contributed by atoms with Gasteiger partial charge >= 0.3 is 0 Å². The molecule has 2 N–H and O–H groups in total. The Morgan fingerprint density at radius 2 is 2.00 bits per heavy atom. The summed E-state index contributed by atoms with van der Waals surface area (Å²) in [5.74, 6) is -1.43. The van der Waals surface area contributed by atoms with Gasteiger partial charge in [0.1, 0.15) is 0 Å². The fraction of sp³-hybridized carbons (Fsp3) is 0.316. The van der Waals surface area contributed by atoms with Crippen molar-refractivity contribution in [2.75, 3.05) is 18.6 Å². The van der Waals surface area contributed by atoms with E-state index in [0.29, 0.717) is 24.0 Å². The molecule has 0 aliphatic carbocycles. The fourth-order valence-electron chi connectivity index (χ4n) is 2.89. The van der Waals surface area contributed by atoms with Crippen LogP contribution in [0.15, 0.2) is 47.5 Å². The lowest BCUT2D eigenvalue weighted by Crippen LogP contribution is -2.34. The molecule has 0 bridgehead atoms. The van der Waals surface area contributed by atoms with Crippen LogP contribution in [0.5, 0.6) is 0 Å². The minimum atomic E-state index is -4.08. The maximum absolute atomic E-state index is 13.3. The summed E-state index contributed by atoms with van der Waals surface area (Å²) in [6.07, 6.45) is 4.23. The van der Waals surface area contributed by atoms with Gasteiger partial charge in [-0.05, 0) is 48.8 Å². The van der Waals surface area contributed by atoms with Crippen molar-refractivity contribution in [1.29, 1.82) is 0 Å². The van der Waals surface area contributed by atoms with E-state index in [0.717, 1.165) is 17.9 Å². The van der Waals surface area contributed by atoms with Crippen LogP contribution in [0.25, 0.3) is 5.65 Å². The summed E-state index contributed by atoms with van der Waals surface area (Å²) in [6.45, 7) is -0.205. The molecule has 12 heteroatoms. The van der Waals surface area contributed by atoms with Crippen LogP contribution in [0.4, 0.5) is 8.78 Å². The summed E-state index contributed by atoms with van der Waals surface area (Å²) in [5, 5.41) is 11.2. The van der Waals surface area contributed by atoms with Crippen molar-refractivity contribution < 1.29 is 22.0 Å². The number of sulfonamides is 1. The molecular formula is C19H21F2N5O3S2. The zero-order valence-corrected chi connectivity index (χ0v) is 18.2. The number of pyridine rings is 1. The zero-order chi connectivity index (χ0) is 22.4. The average Bonchev–Trinajstić information content (AvgIpc) is 3.17. The van der Waals surface area contributed by atoms with E-state index >= 15 is 0 Å². The highest BCUT2D eigenvalue weighted by atomic mass is 32.2. The summed E-state index contributed by atoms with van der Waals surface area (Å²) < 4.78 is 54.8. The highest BCUT2D eigenvalue weighted by molar-refractivity contribution is 7.98. The summed E-state index contributed by atoms with van der Waals surface area (Å²) in [4.78, 5) is 12.0. The van der Waals surface area contributed by atoms with Gasteiger partial charge in [0, 0.05) is 19.2 Å². The van der Waals surface area contributed by atoms with Crippen LogP contribution in [-0.4, -0.2) is 47.5 Å². The molecule has 0 saturated heterocycles. The van der Waals surface area contributed by atoms with Crippen molar-refractivity contribution in [2.45, 2.75) is 23.8 Å². The van der Waals surface area contributed by atoms with Gasteiger partial charge in [-0.1, -0.05) is 6.07 Å². The van der Waals surface area contributed by atoms with Crippen LogP contribution < -0.4 is 10.0 Å². The molecule has 0 radical (unpaired) electrons. The largest absolute Gasteiger partial charge is 0.346 e. The van der Waals surface area contributed by atoms with E-state index in [1.165, 1.54) is 0 Å². The predicted octanol–water partition coefficient (Wildman–Crippen LogP) is 2.29. The molecule has 166 valence electrons. The Labute approximate surface area is 182 Å². The summed E-state index contributed by atoms with van der Waals surface area (Å²) in [5.41, 5.74) is 0.653. The van der Waals surface area contributed by atoms with E-state index in [9.17, 15) is 22.0 Å². The number of thioether (sulfide) groups is 1. The van der Waals surface area contributed by atoms with Crippen molar-refractivity contribution in [3.63, 3.8) is 0 Å². The van der Waals surface area contributed by atoms with Crippen LogP contribution in [0.3, 0.4) is 0 Å². The van der Waals surface area contributed by atoms with Gasteiger partial charge < -0.3 is 5.32 Å². The van der Waals surface area contributed by atoms with Gasteiger partial charge in [0.25, 0.3) is 0 Å². The summed E-state index contributed by atoms with van der Waals surface area (Å²) in [7, 11) is -4.08. The van der Waals surface area contributed by atoms with E-state index in [-0.39, 0.29) is 18.9 Å². The van der Waals surface area contributed by atoms with Crippen LogP contribution >= 0.6 is 11.8 Å². The number of rotatable bonds is 10. The minimum Gasteiger partial charge on any atom is -0.346 e. The van der Waals surface area contributed by atoms with Crippen molar-refractivity contribution in [3.05, 3.63) is 60.1 Å². The molecule has 0 aliphatic rings. The predicted molar refractivity (Wildman–Crippen MR) is 113 cm³/mol. The van der Waals surface area contributed by atoms with Crippen molar-refractivity contribution in [2.24, 2.45) is 0 Å². The van der Waals surface area contributed by atoms with Crippen molar-refractivity contribution >= 4 is 33.3 Å². The lowest BCUT2D eigenvalue weighted by atomic mass is 10.2. The second-order valence-corrected chi connectivity index (χ2v) is 9.36. The first-order valence-electron chi connectivity index (χ1n) is 9.34. The fourth-order valence-corrected chi connectivity index (χ4v) is 4.41. The Bertz CT molecular complexity index is 1170. The number of aromatic nitrogens is 3. The molecule has 2 aromatic heterocycles. The number of carbonyl (C=O) groups is 1. The molecule has 0 fully saturated rings.